The number of nitrogens with zero attached hydrogens (tertiary/aromatic N) is 1. The Morgan fingerprint density at radius 1 is 1.14 bits per heavy atom. The van der Waals surface area contributed by atoms with Gasteiger partial charge in [0.05, 0.1) is 12.8 Å². The van der Waals surface area contributed by atoms with Crippen LogP contribution < -0.4 is 15.2 Å². The molecular formula is C18H30N2O2. The van der Waals surface area contributed by atoms with E-state index in [1.807, 2.05) is 18.2 Å². The second kappa shape index (κ2) is 6.37. The predicted molar refractivity (Wildman–Crippen MR) is 91.6 cm³/mol. The van der Waals surface area contributed by atoms with Gasteiger partial charge in [0.2, 0.25) is 0 Å². The molecule has 1 heterocycles. The van der Waals surface area contributed by atoms with E-state index in [0.717, 1.165) is 12.3 Å². The number of nitrogen functional groups attached to an aromatic ring is 1. The topological polar surface area (TPSA) is 47.7 Å². The molecule has 0 aliphatic carbocycles. The molecule has 4 heteroatoms. The van der Waals surface area contributed by atoms with Gasteiger partial charge in [-0.3, -0.25) is 4.90 Å². The Morgan fingerprint density at radius 3 is 2.36 bits per heavy atom. The van der Waals surface area contributed by atoms with Crippen LogP contribution in [0, 0.1) is 0 Å². The third-order valence-electron chi connectivity index (χ3n) is 4.83. The fraction of sp³-hybridized carbons (Fsp3) is 0.667. The number of likely N-dealkylation sites (tertiary alicyclic amines) is 1. The lowest BCUT2D eigenvalue weighted by atomic mass is 9.80. The molecule has 2 N–H and O–H groups in total. The van der Waals surface area contributed by atoms with Crippen LogP contribution in [0.3, 0.4) is 0 Å². The highest BCUT2D eigenvalue weighted by molar-refractivity contribution is 5.55. The average Bonchev–Trinajstić information content (AvgIpc) is 2.43. The van der Waals surface area contributed by atoms with Gasteiger partial charge < -0.3 is 15.2 Å². The van der Waals surface area contributed by atoms with Crippen molar-refractivity contribution in [2.24, 2.45) is 0 Å². The molecule has 0 amide bonds. The van der Waals surface area contributed by atoms with Crippen molar-refractivity contribution in [3.63, 3.8) is 0 Å². The van der Waals surface area contributed by atoms with Gasteiger partial charge in [0, 0.05) is 23.7 Å². The van der Waals surface area contributed by atoms with E-state index < -0.39 is 0 Å². The van der Waals surface area contributed by atoms with Crippen LogP contribution in [-0.2, 0) is 0 Å². The second-order valence-corrected chi connectivity index (χ2v) is 7.38. The lowest BCUT2D eigenvalue weighted by Crippen LogP contribution is -2.59. The lowest BCUT2D eigenvalue weighted by Gasteiger charge is -2.53. The van der Waals surface area contributed by atoms with Crippen molar-refractivity contribution in [2.75, 3.05) is 26.0 Å². The van der Waals surface area contributed by atoms with E-state index in [-0.39, 0.29) is 11.1 Å². The molecule has 1 aliphatic heterocycles. The van der Waals surface area contributed by atoms with Crippen LogP contribution in [0.1, 0.15) is 47.0 Å². The first-order valence-corrected chi connectivity index (χ1v) is 8.10. The van der Waals surface area contributed by atoms with Gasteiger partial charge in [-0.2, -0.15) is 0 Å². The van der Waals surface area contributed by atoms with Gasteiger partial charge in [-0.1, -0.05) is 0 Å². The van der Waals surface area contributed by atoms with Gasteiger partial charge in [-0.15, -0.1) is 0 Å². The van der Waals surface area contributed by atoms with E-state index in [1.54, 1.807) is 7.11 Å². The zero-order valence-corrected chi connectivity index (χ0v) is 14.6. The van der Waals surface area contributed by atoms with Crippen LogP contribution in [0.15, 0.2) is 18.2 Å². The van der Waals surface area contributed by atoms with Crippen molar-refractivity contribution in [1.82, 2.24) is 4.90 Å². The molecule has 0 saturated carbocycles. The first-order valence-electron chi connectivity index (χ1n) is 8.10. The maximum absolute atomic E-state index is 5.98. The highest BCUT2D eigenvalue weighted by atomic mass is 16.5. The van der Waals surface area contributed by atoms with Gasteiger partial charge >= 0.3 is 0 Å². The van der Waals surface area contributed by atoms with Gasteiger partial charge in [0.25, 0.3) is 0 Å². The molecule has 0 atom stereocenters. The molecule has 0 aromatic heterocycles. The molecule has 22 heavy (non-hydrogen) atoms. The Hall–Kier alpha value is -1.42. The molecule has 1 fully saturated rings. The molecule has 4 nitrogen and oxygen atoms in total. The van der Waals surface area contributed by atoms with Crippen molar-refractivity contribution in [1.29, 1.82) is 0 Å². The van der Waals surface area contributed by atoms with Crippen molar-refractivity contribution >= 4 is 5.69 Å². The molecule has 1 aromatic carbocycles. The minimum atomic E-state index is 0.213. The van der Waals surface area contributed by atoms with Crippen LogP contribution >= 0.6 is 0 Å². The van der Waals surface area contributed by atoms with Gasteiger partial charge in [0.15, 0.2) is 0 Å². The highest BCUT2D eigenvalue weighted by Gasteiger charge is 2.40. The molecule has 0 bridgehead atoms. The Kier molecular flexibility index (Phi) is 4.90. The molecule has 0 radical (unpaired) electrons. The van der Waals surface area contributed by atoms with E-state index in [4.69, 9.17) is 15.2 Å². The Morgan fingerprint density at radius 2 is 1.77 bits per heavy atom. The van der Waals surface area contributed by atoms with Crippen LogP contribution in [0.25, 0.3) is 0 Å². The van der Waals surface area contributed by atoms with Gasteiger partial charge in [-0.25, -0.2) is 0 Å². The van der Waals surface area contributed by atoms with Crippen molar-refractivity contribution in [2.45, 2.75) is 58.0 Å². The Balaban J connectivity index is 2.00. The third-order valence-corrected chi connectivity index (χ3v) is 4.83. The first kappa shape index (κ1) is 16.9. The monoisotopic (exact) mass is 306 g/mol. The van der Waals surface area contributed by atoms with E-state index in [1.165, 1.54) is 19.3 Å². The number of anilines is 1. The number of benzene rings is 1. The summed E-state index contributed by atoms with van der Waals surface area (Å²) in [7, 11) is 1.65. The van der Waals surface area contributed by atoms with E-state index in [0.29, 0.717) is 18.0 Å². The molecule has 0 spiro atoms. The largest absolute Gasteiger partial charge is 0.497 e. The Bertz CT molecular complexity index is 496. The van der Waals surface area contributed by atoms with Crippen molar-refractivity contribution in [3.05, 3.63) is 18.2 Å². The number of rotatable bonds is 5. The number of piperidine rings is 1. The quantitative estimate of drug-likeness (QED) is 0.843. The number of methoxy groups -OCH3 is 1. The highest BCUT2D eigenvalue weighted by Crippen LogP contribution is 2.37. The molecule has 0 unspecified atom stereocenters. The minimum absolute atomic E-state index is 0.213. The van der Waals surface area contributed by atoms with Crippen molar-refractivity contribution in [3.8, 4) is 11.5 Å². The van der Waals surface area contributed by atoms with E-state index >= 15 is 0 Å². The number of nitrogens with two attached hydrogens (primary N) is 1. The SMILES string of the molecule is COc1ccc(N)c(OCCN2C(C)(C)CCCC2(C)C)c1. The van der Waals surface area contributed by atoms with E-state index in [2.05, 4.69) is 32.6 Å². The molecule has 1 saturated heterocycles. The van der Waals surface area contributed by atoms with E-state index in [9.17, 15) is 0 Å². The maximum Gasteiger partial charge on any atom is 0.145 e. The normalized spacial score (nSPS) is 20.6. The molecular weight excluding hydrogens is 276 g/mol. The minimum Gasteiger partial charge on any atom is -0.497 e. The summed E-state index contributed by atoms with van der Waals surface area (Å²) in [5.74, 6) is 1.47. The molecule has 1 aromatic rings. The van der Waals surface area contributed by atoms with Crippen LogP contribution in [-0.4, -0.2) is 36.2 Å². The van der Waals surface area contributed by atoms with Crippen molar-refractivity contribution < 1.29 is 9.47 Å². The summed E-state index contributed by atoms with van der Waals surface area (Å²) in [4.78, 5) is 2.57. The standard InChI is InChI=1S/C18H30N2O2/c1-17(2)9-6-10-18(3,4)20(17)11-12-22-16-13-14(21-5)7-8-15(16)19/h7-8,13H,6,9-12,19H2,1-5H3. The van der Waals surface area contributed by atoms with Crippen LogP contribution in [0.2, 0.25) is 0 Å². The number of hydrogen-bond acceptors (Lipinski definition) is 4. The summed E-state index contributed by atoms with van der Waals surface area (Å²) in [6, 6.07) is 5.52. The van der Waals surface area contributed by atoms with Crippen LogP contribution in [0.5, 0.6) is 11.5 Å². The number of hydrogen-bond donors (Lipinski definition) is 1. The molecule has 2 rings (SSSR count). The second-order valence-electron chi connectivity index (χ2n) is 7.38. The van der Waals surface area contributed by atoms with Gasteiger partial charge in [-0.05, 0) is 59.1 Å². The maximum atomic E-state index is 5.98. The summed E-state index contributed by atoms with van der Waals surface area (Å²) in [6.45, 7) is 10.8. The summed E-state index contributed by atoms with van der Waals surface area (Å²) in [6.07, 6.45) is 3.76. The zero-order valence-electron chi connectivity index (χ0n) is 14.6. The summed E-state index contributed by atoms with van der Waals surface area (Å²) in [5.41, 5.74) is 7.05. The zero-order chi connectivity index (χ0) is 16.4. The average molecular weight is 306 g/mol. The summed E-state index contributed by atoms with van der Waals surface area (Å²) in [5, 5.41) is 0. The smallest absolute Gasteiger partial charge is 0.145 e. The first-order chi connectivity index (χ1) is 10.3. The lowest BCUT2D eigenvalue weighted by molar-refractivity contribution is -0.0339. The fourth-order valence-electron chi connectivity index (χ4n) is 3.66. The summed E-state index contributed by atoms with van der Waals surface area (Å²) < 4.78 is 11.1. The molecule has 1 aliphatic rings. The fourth-order valence-corrected chi connectivity index (χ4v) is 3.66. The van der Waals surface area contributed by atoms with Gasteiger partial charge in [0.1, 0.15) is 18.1 Å². The molecule has 124 valence electrons. The Labute approximate surface area is 134 Å². The number of ether oxygens (including phenoxy) is 2. The predicted octanol–water partition coefficient (Wildman–Crippen LogP) is 3.70. The third kappa shape index (κ3) is 3.67. The summed E-state index contributed by atoms with van der Waals surface area (Å²) >= 11 is 0. The van der Waals surface area contributed by atoms with Crippen LogP contribution in [0.4, 0.5) is 5.69 Å².